The summed E-state index contributed by atoms with van der Waals surface area (Å²) in [5, 5.41) is 8.65. The van der Waals surface area contributed by atoms with Crippen LogP contribution in [0.25, 0.3) is 10.2 Å². The average molecular weight is 312 g/mol. The molecule has 1 heterocycles. The third kappa shape index (κ3) is 2.78. The predicted octanol–water partition coefficient (Wildman–Crippen LogP) is 2.70. The van der Waals surface area contributed by atoms with Crippen LogP contribution in [0.3, 0.4) is 0 Å². The molecule has 3 rings (SSSR count). The number of fused-ring (bicyclic) bond motifs is 1. The molecule has 1 aromatic heterocycles. The Balaban J connectivity index is 2.00. The summed E-state index contributed by atoms with van der Waals surface area (Å²) in [4.78, 5) is 4.94. The summed E-state index contributed by atoms with van der Waals surface area (Å²) in [5.41, 5.74) is 2.85. The number of allylic oxidation sites excluding steroid dienone is 4. The van der Waals surface area contributed by atoms with Crippen molar-refractivity contribution in [3.8, 4) is 5.75 Å². The van der Waals surface area contributed by atoms with Crippen molar-refractivity contribution in [1.82, 2.24) is 4.57 Å². The Morgan fingerprint density at radius 2 is 1.77 bits per heavy atom. The molecule has 2 aromatic rings. The number of nitrogens with zero attached hydrogens (tertiary/aromatic N) is 4. The van der Waals surface area contributed by atoms with Gasteiger partial charge in [-0.05, 0) is 42.5 Å². The van der Waals surface area contributed by atoms with Crippen molar-refractivity contribution in [1.29, 1.82) is 0 Å². The van der Waals surface area contributed by atoms with E-state index in [0.29, 0.717) is 0 Å². The minimum atomic E-state index is 0.808. The van der Waals surface area contributed by atoms with E-state index in [-0.39, 0.29) is 0 Å². The molecule has 0 fully saturated rings. The van der Waals surface area contributed by atoms with E-state index in [2.05, 4.69) is 15.2 Å². The van der Waals surface area contributed by atoms with Crippen molar-refractivity contribution in [3.63, 3.8) is 0 Å². The van der Waals surface area contributed by atoms with Crippen LogP contribution in [0.1, 0.15) is 0 Å². The van der Waals surface area contributed by atoms with Crippen LogP contribution in [0.15, 0.2) is 57.7 Å². The van der Waals surface area contributed by atoms with Gasteiger partial charge in [-0.25, -0.2) is 0 Å². The third-order valence-electron chi connectivity index (χ3n) is 3.38. The van der Waals surface area contributed by atoms with Crippen molar-refractivity contribution in [3.05, 3.63) is 47.3 Å². The normalized spacial score (nSPS) is 14.8. The Kier molecular flexibility index (Phi) is 4.02. The summed E-state index contributed by atoms with van der Waals surface area (Å²) in [6.07, 6.45) is 7.65. The molecule has 1 aliphatic carbocycles. The number of methoxy groups -OCH3 is 1. The minimum absolute atomic E-state index is 0.808. The van der Waals surface area contributed by atoms with E-state index in [1.54, 1.807) is 25.5 Å². The minimum Gasteiger partial charge on any atom is -0.497 e. The average Bonchev–Trinajstić information content (AvgIpc) is 2.89. The molecule has 1 aromatic carbocycles. The first-order chi connectivity index (χ1) is 10.7. The highest BCUT2D eigenvalue weighted by Gasteiger charge is 2.04. The van der Waals surface area contributed by atoms with Crippen molar-refractivity contribution in [2.75, 3.05) is 14.2 Å². The second-order valence-electron chi connectivity index (χ2n) is 4.72. The van der Waals surface area contributed by atoms with Crippen LogP contribution >= 0.6 is 11.3 Å². The van der Waals surface area contributed by atoms with E-state index < -0.39 is 0 Å². The van der Waals surface area contributed by atoms with Gasteiger partial charge in [-0.1, -0.05) is 11.3 Å². The molecule has 0 radical (unpaired) electrons. The number of hydrogen-bond donors (Lipinski definition) is 0. The maximum absolute atomic E-state index is 5.26. The molecule has 5 nitrogen and oxygen atoms in total. The maximum Gasteiger partial charge on any atom is 0.211 e. The molecule has 0 spiro atoms. The standard InChI is InChI=1S/C16H16N4OS/c1-17-11-4-6-12(7-5-11)18-19-16-20(2)14-9-8-13(21-3)10-15(14)22-16/h4-10H,1-3H3/b17-11?,18-12?,19-16-. The number of thiazole rings is 1. The fourth-order valence-electron chi connectivity index (χ4n) is 2.11. The fourth-order valence-corrected chi connectivity index (χ4v) is 3.10. The lowest BCUT2D eigenvalue weighted by molar-refractivity contribution is 0.415. The lowest BCUT2D eigenvalue weighted by Gasteiger charge is -1.99. The quantitative estimate of drug-likeness (QED) is 0.621. The topological polar surface area (TPSA) is 51.2 Å². The first-order valence-corrected chi connectivity index (χ1v) is 7.61. The highest BCUT2D eigenvalue weighted by atomic mass is 32.1. The van der Waals surface area contributed by atoms with E-state index in [1.807, 2.05) is 54.1 Å². The van der Waals surface area contributed by atoms with Crippen LogP contribution < -0.4 is 9.54 Å². The Bertz CT molecular complexity index is 878. The van der Waals surface area contributed by atoms with Gasteiger partial charge in [0.2, 0.25) is 4.80 Å². The number of ether oxygens (including phenoxy) is 1. The maximum atomic E-state index is 5.26. The summed E-state index contributed by atoms with van der Waals surface area (Å²) >= 11 is 1.58. The Morgan fingerprint density at radius 1 is 1.05 bits per heavy atom. The highest BCUT2D eigenvalue weighted by Crippen LogP contribution is 2.22. The van der Waals surface area contributed by atoms with Gasteiger partial charge < -0.3 is 9.30 Å². The molecule has 0 bridgehead atoms. The Morgan fingerprint density at radius 3 is 2.45 bits per heavy atom. The van der Waals surface area contributed by atoms with E-state index >= 15 is 0 Å². The van der Waals surface area contributed by atoms with Gasteiger partial charge >= 0.3 is 0 Å². The molecule has 0 N–H and O–H groups in total. The van der Waals surface area contributed by atoms with Crippen LogP contribution in [0.5, 0.6) is 5.75 Å². The van der Waals surface area contributed by atoms with Gasteiger partial charge in [0, 0.05) is 14.1 Å². The van der Waals surface area contributed by atoms with Crippen molar-refractivity contribution < 1.29 is 4.74 Å². The SMILES string of the molecule is CN=C1C=CC(=N/N=c2\sc3cc(OC)ccc3n2C)C=C1. The fraction of sp³-hybridized carbons (Fsp3) is 0.188. The van der Waals surface area contributed by atoms with E-state index in [9.17, 15) is 0 Å². The van der Waals surface area contributed by atoms with Crippen LogP contribution in [-0.2, 0) is 7.05 Å². The zero-order valence-corrected chi connectivity index (χ0v) is 13.5. The van der Waals surface area contributed by atoms with Gasteiger partial charge in [-0.15, -0.1) is 10.2 Å². The molecule has 0 saturated carbocycles. The van der Waals surface area contributed by atoms with Crippen molar-refractivity contribution in [2.24, 2.45) is 22.2 Å². The number of aliphatic imine (C=N–C) groups is 1. The van der Waals surface area contributed by atoms with Crippen LogP contribution in [0.2, 0.25) is 0 Å². The molecule has 112 valence electrons. The smallest absolute Gasteiger partial charge is 0.211 e. The van der Waals surface area contributed by atoms with Gasteiger partial charge in [0.15, 0.2) is 0 Å². The summed E-state index contributed by atoms with van der Waals surface area (Å²) in [7, 11) is 5.42. The monoisotopic (exact) mass is 312 g/mol. The zero-order chi connectivity index (χ0) is 15.5. The van der Waals surface area contributed by atoms with Crippen molar-refractivity contribution >= 4 is 33.0 Å². The first kappa shape index (κ1) is 14.5. The number of benzene rings is 1. The molecule has 6 heteroatoms. The second kappa shape index (κ2) is 6.11. The molecule has 0 atom stereocenters. The Hall–Kier alpha value is -2.47. The molecule has 22 heavy (non-hydrogen) atoms. The number of hydrogen-bond acceptors (Lipinski definition) is 5. The lowest BCUT2D eigenvalue weighted by Crippen LogP contribution is -2.09. The zero-order valence-electron chi connectivity index (χ0n) is 12.6. The molecular weight excluding hydrogens is 296 g/mol. The van der Waals surface area contributed by atoms with Gasteiger partial charge in [0.05, 0.1) is 28.7 Å². The summed E-state index contributed by atoms with van der Waals surface area (Å²) in [5.74, 6) is 0.844. The van der Waals surface area contributed by atoms with Crippen molar-refractivity contribution in [2.45, 2.75) is 0 Å². The first-order valence-electron chi connectivity index (χ1n) is 6.79. The molecule has 0 aliphatic heterocycles. The summed E-state index contributed by atoms with van der Waals surface area (Å²) in [6.45, 7) is 0. The van der Waals surface area contributed by atoms with Crippen LogP contribution in [-0.4, -0.2) is 30.1 Å². The van der Waals surface area contributed by atoms with Gasteiger partial charge in [-0.2, -0.15) is 0 Å². The molecular formula is C16H16N4OS. The largest absolute Gasteiger partial charge is 0.497 e. The number of aromatic nitrogens is 1. The third-order valence-corrected chi connectivity index (χ3v) is 4.46. The van der Waals surface area contributed by atoms with Gasteiger partial charge in [0.25, 0.3) is 0 Å². The van der Waals surface area contributed by atoms with E-state index in [1.165, 1.54) is 0 Å². The summed E-state index contributed by atoms with van der Waals surface area (Å²) in [6, 6.07) is 5.99. The number of rotatable bonds is 2. The molecule has 0 saturated heterocycles. The highest BCUT2D eigenvalue weighted by molar-refractivity contribution is 7.16. The van der Waals surface area contributed by atoms with E-state index in [4.69, 9.17) is 4.74 Å². The summed E-state index contributed by atoms with van der Waals surface area (Å²) < 4.78 is 8.40. The van der Waals surface area contributed by atoms with Crippen LogP contribution in [0, 0.1) is 0 Å². The molecule has 0 unspecified atom stereocenters. The van der Waals surface area contributed by atoms with Crippen LogP contribution in [0.4, 0.5) is 0 Å². The number of aryl methyl sites for hydroxylation is 1. The molecule has 0 amide bonds. The lowest BCUT2D eigenvalue weighted by atomic mass is 10.1. The Labute approximate surface area is 132 Å². The van der Waals surface area contributed by atoms with Gasteiger partial charge in [0.1, 0.15) is 5.75 Å². The van der Waals surface area contributed by atoms with E-state index in [0.717, 1.165) is 32.2 Å². The predicted molar refractivity (Wildman–Crippen MR) is 92.0 cm³/mol. The van der Waals surface area contributed by atoms with Gasteiger partial charge in [-0.3, -0.25) is 4.99 Å². The molecule has 1 aliphatic rings. The second-order valence-corrected chi connectivity index (χ2v) is 5.73.